The van der Waals surface area contributed by atoms with E-state index in [-0.39, 0.29) is 25.4 Å². The molecule has 5 heteroatoms. The van der Waals surface area contributed by atoms with Crippen molar-refractivity contribution in [2.24, 2.45) is 0 Å². The van der Waals surface area contributed by atoms with Crippen LogP contribution in [0.4, 0.5) is 0 Å². The average molecular weight is 453 g/mol. The predicted molar refractivity (Wildman–Crippen MR) is 127 cm³/mol. The average Bonchev–Trinajstić information content (AvgIpc) is 2.76. The van der Waals surface area contributed by atoms with Gasteiger partial charge in [-0.2, -0.15) is 0 Å². The molecule has 4 nitrogen and oxygen atoms in total. The molecule has 0 heterocycles. The van der Waals surface area contributed by atoms with Crippen molar-refractivity contribution in [3.05, 3.63) is 34.9 Å². The number of hydrogen-bond donors (Lipinski definition) is 0. The zero-order valence-electron chi connectivity index (χ0n) is 19.3. The number of rotatable bonds is 19. The van der Waals surface area contributed by atoms with E-state index >= 15 is 0 Å². The number of carbonyl (C=O) groups is 2. The molecule has 1 aromatic rings. The summed E-state index contributed by atoms with van der Waals surface area (Å²) in [5.41, 5.74) is 0.825. The summed E-state index contributed by atoms with van der Waals surface area (Å²) in [4.78, 5) is 23.5. The van der Waals surface area contributed by atoms with Crippen LogP contribution in [0.2, 0.25) is 5.02 Å². The molecular weight excluding hydrogens is 412 g/mol. The molecule has 176 valence electrons. The highest BCUT2D eigenvalue weighted by atomic mass is 35.5. The Morgan fingerprint density at radius 1 is 0.742 bits per heavy atom. The van der Waals surface area contributed by atoms with E-state index in [9.17, 15) is 9.59 Å². The van der Waals surface area contributed by atoms with Crippen LogP contribution in [0, 0.1) is 0 Å². The Kier molecular flexibility index (Phi) is 17.0. The van der Waals surface area contributed by atoms with Crippen molar-refractivity contribution in [3.8, 4) is 0 Å². The SMILES string of the molecule is CCCCCCCCCCCCCCCOC(=O)CCC(=O)OCc1cccc(Cl)c1. The highest BCUT2D eigenvalue weighted by molar-refractivity contribution is 6.30. The van der Waals surface area contributed by atoms with Gasteiger partial charge < -0.3 is 9.47 Å². The Morgan fingerprint density at radius 2 is 1.26 bits per heavy atom. The molecule has 0 N–H and O–H groups in total. The minimum atomic E-state index is -0.405. The Labute approximate surface area is 194 Å². The molecule has 1 aromatic carbocycles. The van der Waals surface area contributed by atoms with Gasteiger partial charge in [-0.25, -0.2) is 0 Å². The highest BCUT2D eigenvalue weighted by Crippen LogP contribution is 2.13. The van der Waals surface area contributed by atoms with Crippen LogP contribution in [0.25, 0.3) is 0 Å². The number of hydrogen-bond acceptors (Lipinski definition) is 4. The molecule has 0 spiro atoms. The molecule has 0 aliphatic carbocycles. The van der Waals surface area contributed by atoms with E-state index in [1.165, 1.54) is 70.6 Å². The van der Waals surface area contributed by atoms with Crippen LogP contribution < -0.4 is 0 Å². The van der Waals surface area contributed by atoms with Gasteiger partial charge in [0.25, 0.3) is 0 Å². The molecule has 0 fully saturated rings. The summed E-state index contributed by atoms with van der Waals surface area (Å²) in [5.74, 6) is -0.739. The Balaban J connectivity index is 1.86. The molecule has 0 unspecified atom stereocenters. The first-order chi connectivity index (χ1) is 15.1. The van der Waals surface area contributed by atoms with Crippen LogP contribution in [-0.4, -0.2) is 18.5 Å². The lowest BCUT2D eigenvalue weighted by Crippen LogP contribution is -2.11. The molecule has 0 radical (unpaired) electrons. The molecule has 0 saturated heterocycles. The molecule has 0 aliphatic rings. The molecule has 0 aliphatic heterocycles. The fourth-order valence-electron chi connectivity index (χ4n) is 3.44. The number of benzene rings is 1. The smallest absolute Gasteiger partial charge is 0.306 e. The van der Waals surface area contributed by atoms with Gasteiger partial charge in [-0.3, -0.25) is 9.59 Å². The van der Waals surface area contributed by atoms with E-state index in [0.717, 1.165) is 18.4 Å². The van der Waals surface area contributed by atoms with E-state index in [4.69, 9.17) is 21.1 Å². The zero-order chi connectivity index (χ0) is 22.6. The minimum absolute atomic E-state index is 0.0397. The van der Waals surface area contributed by atoms with E-state index in [0.29, 0.717) is 11.6 Å². The van der Waals surface area contributed by atoms with Gasteiger partial charge >= 0.3 is 11.9 Å². The van der Waals surface area contributed by atoms with Crippen molar-refractivity contribution in [2.45, 2.75) is 110 Å². The monoisotopic (exact) mass is 452 g/mol. The van der Waals surface area contributed by atoms with Crippen LogP contribution in [0.5, 0.6) is 0 Å². The maximum atomic E-state index is 11.7. The lowest BCUT2D eigenvalue weighted by atomic mass is 10.0. The van der Waals surface area contributed by atoms with Crippen molar-refractivity contribution < 1.29 is 19.1 Å². The van der Waals surface area contributed by atoms with Crippen LogP contribution in [0.15, 0.2) is 24.3 Å². The van der Waals surface area contributed by atoms with Crippen molar-refractivity contribution in [1.82, 2.24) is 0 Å². The van der Waals surface area contributed by atoms with Gasteiger partial charge in [0.15, 0.2) is 0 Å². The molecule has 0 bridgehead atoms. The molecule has 1 rings (SSSR count). The number of esters is 2. The first-order valence-corrected chi connectivity index (χ1v) is 12.5. The van der Waals surface area contributed by atoms with Gasteiger partial charge in [-0.15, -0.1) is 0 Å². The number of carbonyl (C=O) groups excluding carboxylic acids is 2. The van der Waals surface area contributed by atoms with Crippen molar-refractivity contribution >= 4 is 23.5 Å². The summed E-state index contributed by atoms with van der Waals surface area (Å²) in [7, 11) is 0. The maximum absolute atomic E-state index is 11.7. The minimum Gasteiger partial charge on any atom is -0.466 e. The summed E-state index contributed by atoms with van der Waals surface area (Å²) in [6.07, 6.45) is 16.8. The zero-order valence-corrected chi connectivity index (χ0v) is 20.1. The topological polar surface area (TPSA) is 52.6 Å². The number of ether oxygens (including phenoxy) is 2. The normalized spacial score (nSPS) is 10.8. The van der Waals surface area contributed by atoms with Crippen LogP contribution >= 0.6 is 11.6 Å². The fourth-order valence-corrected chi connectivity index (χ4v) is 3.66. The summed E-state index contributed by atoms with van der Waals surface area (Å²) < 4.78 is 10.4. The van der Waals surface area contributed by atoms with Crippen LogP contribution in [0.1, 0.15) is 109 Å². The van der Waals surface area contributed by atoms with Gasteiger partial charge in [-0.1, -0.05) is 108 Å². The first kappa shape index (κ1) is 27.5. The van der Waals surface area contributed by atoms with Crippen LogP contribution in [0.3, 0.4) is 0 Å². The Bertz CT molecular complexity index is 603. The Hall–Kier alpha value is -1.55. The molecule has 0 saturated carbocycles. The highest BCUT2D eigenvalue weighted by Gasteiger charge is 2.09. The summed E-state index contributed by atoms with van der Waals surface area (Å²) in [5, 5.41) is 0.602. The summed E-state index contributed by atoms with van der Waals surface area (Å²) >= 11 is 5.89. The van der Waals surface area contributed by atoms with Gasteiger partial charge in [0.1, 0.15) is 6.61 Å². The number of unbranched alkanes of at least 4 members (excludes halogenated alkanes) is 12. The van der Waals surface area contributed by atoms with E-state index < -0.39 is 5.97 Å². The third kappa shape index (κ3) is 16.8. The largest absolute Gasteiger partial charge is 0.466 e. The maximum Gasteiger partial charge on any atom is 0.306 e. The van der Waals surface area contributed by atoms with Crippen molar-refractivity contribution in [3.63, 3.8) is 0 Å². The second-order valence-corrected chi connectivity index (χ2v) is 8.69. The molecular formula is C26H41ClO4. The molecule has 0 amide bonds. The van der Waals surface area contributed by atoms with Gasteiger partial charge in [0.05, 0.1) is 19.4 Å². The van der Waals surface area contributed by atoms with Gasteiger partial charge in [0.2, 0.25) is 0 Å². The van der Waals surface area contributed by atoms with Crippen molar-refractivity contribution in [1.29, 1.82) is 0 Å². The fraction of sp³-hybridized carbons (Fsp3) is 0.692. The summed E-state index contributed by atoms with van der Waals surface area (Å²) in [6, 6.07) is 7.15. The van der Waals surface area contributed by atoms with E-state index in [1.807, 2.05) is 6.07 Å². The third-order valence-electron chi connectivity index (χ3n) is 5.33. The number of halogens is 1. The summed E-state index contributed by atoms with van der Waals surface area (Å²) in [6.45, 7) is 2.86. The Morgan fingerprint density at radius 3 is 1.81 bits per heavy atom. The third-order valence-corrected chi connectivity index (χ3v) is 5.57. The second kappa shape index (κ2) is 19.2. The van der Waals surface area contributed by atoms with Crippen LogP contribution in [-0.2, 0) is 25.7 Å². The molecule has 0 atom stereocenters. The first-order valence-electron chi connectivity index (χ1n) is 12.2. The van der Waals surface area contributed by atoms with Crippen molar-refractivity contribution in [2.75, 3.05) is 6.61 Å². The van der Waals surface area contributed by atoms with Gasteiger partial charge in [0, 0.05) is 5.02 Å². The predicted octanol–water partition coefficient (Wildman–Crippen LogP) is 7.80. The quantitative estimate of drug-likeness (QED) is 0.159. The lowest BCUT2D eigenvalue weighted by molar-refractivity contribution is -0.151. The standard InChI is InChI=1S/C26H41ClO4/c1-2-3-4-5-6-7-8-9-10-11-12-13-14-20-30-25(28)18-19-26(29)31-22-23-16-15-17-24(27)21-23/h15-17,21H,2-14,18-20,22H2,1H3. The molecule has 0 aromatic heterocycles. The van der Waals surface area contributed by atoms with E-state index in [1.54, 1.807) is 18.2 Å². The molecule has 31 heavy (non-hydrogen) atoms. The second-order valence-electron chi connectivity index (χ2n) is 8.25. The van der Waals surface area contributed by atoms with E-state index in [2.05, 4.69) is 6.92 Å². The lowest BCUT2D eigenvalue weighted by Gasteiger charge is -2.06. The van der Waals surface area contributed by atoms with Gasteiger partial charge in [-0.05, 0) is 24.1 Å².